The standard InChI is InChI=1S/C16H23N5O2/c1-12-8-17-21(9-12)11-13-5-4-6-20(13)10-14-7-15(22)19(3)16(23)18(14)2/h7-9,13H,4-6,10-11H2,1-3H3. The molecule has 0 aliphatic carbocycles. The molecule has 1 aliphatic rings. The van der Waals surface area contributed by atoms with Gasteiger partial charge in [0.05, 0.1) is 12.7 Å². The van der Waals surface area contributed by atoms with Crippen LogP contribution in [0.5, 0.6) is 0 Å². The summed E-state index contributed by atoms with van der Waals surface area (Å²) in [6.45, 7) is 4.47. The highest BCUT2D eigenvalue weighted by atomic mass is 16.2. The molecule has 0 bridgehead atoms. The summed E-state index contributed by atoms with van der Waals surface area (Å²) in [5.74, 6) is 0. The summed E-state index contributed by atoms with van der Waals surface area (Å²) in [4.78, 5) is 26.3. The maximum Gasteiger partial charge on any atom is 0.330 e. The molecule has 1 saturated heterocycles. The number of aryl methyl sites for hydroxylation is 1. The van der Waals surface area contributed by atoms with Gasteiger partial charge in [-0.25, -0.2) is 4.79 Å². The van der Waals surface area contributed by atoms with Gasteiger partial charge in [-0.3, -0.25) is 23.5 Å². The van der Waals surface area contributed by atoms with E-state index in [9.17, 15) is 9.59 Å². The minimum absolute atomic E-state index is 0.249. The molecular weight excluding hydrogens is 294 g/mol. The molecule has 0 saturated carbocycles. The maximum absolute atomic E-state index is 12.1. The zero-order valence-corrected chi connectivity index (χ0v) is 13.9. The fraction of sp³-hybridized carbons (Fsp3) is 0.562. The third-order valence-corrected chi connectivity index (χ3v) is 4.65. The molecule has 7 heteroatoms. The molecule has 0 amide bonds. The van der Waals surface area contributed by atoms with Gasteiger partial charge in [0.2, 0.25) is 0 Å². The van der Waals surface area contributed by atoms with E-state index < -0.39 is 0 Å². The highest BCUT2D eigenvalue weighted by molar-refractivity contribution is 5.04. The normalized spacial score (nSPS) is 18.7. The average molecular weight is 317 g/mol. The Balaban J connectivity index is 1.79. The van der Waals surface area contributed by atoms with Crippen LogP contribution in [0.15, 0.2) is 28.0 Å². The molecule has 0 aromatic carbocycles. The van der Waals surface area contributed by atoms with Crippen molar-refractivity contribution in [1.29, 1.82) is 0 Å². The lowest BCUT2D eigenvalue weighted by molar-refractivity contribution is 0.213. The first-order valence-electron chi connectivity index (χ1n) is 7.95. The Morgan fingerprint density at radius 1 is 1.26 bits per heavy atom. The van der Waals surface area contributed by atoms with E-state index in [1.807, 2.05) is 24.0 Å². The molecule has 23 heavy (non-hydrogen) atoms. The van der Waals surface area contributed by atoms with Gasteiger partial charge in [-0.15, -0.1) is 0 Å². The fourth-order valence-corrected chi connectivity index (χ4v) is 3.23. The van der Waals surface area contributed by atoms with Crippen molar-refractivity contribution in [1.82, 2.24) is 23.8 Å². The third kappa shape index (κ3) is 3.14. The molecule has 7 nitrogen and oxygen atoms in total. The van der Waals surface area contributed by atoms with Crippen LogP contribution in [-0.2, 0) is 27.2 Å². The second kappa shape index (κ2) is 6.16. The second-order valence-electron chi connectivity index (χ2n) is 6.38. The smallest absolute Gasteiger partial charge is 0.299 e. The zero-order chi connectivity index (χ0) is 16.6. The lowest BCUT2D eigenvalue weighted by Crippen LogP contribution is -2.40. The summed E-state index contributed by atoms with van der Waals surface area (Å²) in [6.07, 6.45) is 6.15. The van der Waals surface area contributed by atoms with Gasteiger partial charge in [0.25, 0.3) is 5.56 Å². The number of nitrogens with zero attached hydrogens (tertiary/aromatic N) is 5. The molecule has 0 spiro atoms. The van der Waals surface area contributed by atoms with Crippen molar-refractivity contribution in [3.63, 3.8) is 0 Å². The SMILES string of the molecule is Cc1cnn(CC2CCCN2Cc2cc(=O)n(C)c(=O)n2C)c1. The largest absolute Gasteiger partial charge is 0.330 e. The highest BCUT2D eigenvalue weighted by Gasteiger charge is 2.26. The van der Waals surface area contributed by atoms with E-state index in [2.05, 4.69) is 10.00 Å². The van der Waals surface area contributed by atoms with E-state index >= 15 is 0 Å². The van der Waals surface area contributed by atoms with Crippen molar-refractivity contribution in [3.8, 4) is 0 Å². The molecule has 3 rings (SSSR count). The minimum atomic E-state index is -0.272. The molecule has 0 N–H and O–H groups in total. The van der Waals surface area contributed by atoms with E-state index in [0.717, 1.165) is 41.8 Å². The van der Waals surface area contributed by atoms with Crippen molar-refractivity contribution >= 4 is 0 Å². The van der Waals surface area contributed by atoms with Crippen LogP contribution in [0.4, 0.5) is 0 Å². The molecule has 1 atom stereocenters. The zero-order valence-electron chi connectivity index (χ0n) is 13.9. The van der Waals surface area contributed by atoms with Gasteiger partial charge >= 0.3 is 5.69 Å². The van der Waals surface area contributed by atoms with Gasteiger partial charge in [0.1, 0.15) is 0 Å². The molecule has 2 aromatic heterocycles. The van der Waals surface area contributed by atoms with Crippen LogP contribution in [0, 0.1) is 6.92 Å². The molecular formula is C16H23N5O2. The van der Waals surface area contributed by atoms with E-state index in [-0.39, 0.29) is 11.2 Å². The molecule has 1 fully saturated rings. The number of hydrogen-bond acceptors (Lipinski definition) is 4. The Kier molecular flexibility index (Phi) is 4.21. The molecule has 1 aliphatic heterocycles. The predicted molar refractivity (Wildman–Crippen MR) is 87.3 cm³/mol. The Morgan fingerprint density at radius 3 is 2.74 bits per heavy atom. The number of hydrogen-bond donors (Lipinski definition) is 0. The minimum Gasteiger partial charge on any atom is -0.299 e. The third-order valence-electron chi connectivity index (χ3n) is 4.65. The lowest BCUT2D eigenvalue weighted by atomic mass is 10.2. The van der Waals surface area contributed by atoms with Crippen molar-refractivity contribution in [2.45, 2.75) is 38.9 Å². The molecule has 2 aromatic rings. The quantitative estimate of drug-likeness (QED) is 0.811. The number of aromatic nitrogens is 4. The van der Waals surface area contributed by atoms with Gasteiger partial charge in [0, 0.05) is 44.6 Å². The van der Waals surface area contributed by atoms with Crippen molar-refractivity contribution < 1.29 is 0 Å². The van der Waals surface area contributed by atoms with Gasteiger partial charge in [0.15, 0.2) is 0 Å². The van der Waals surface area contributed by atoms with Crippen LogP contribution in [0.2, 0.25) is 0 Å². The van der Waals surface area contributed by atoms with E-state index in [4.69, 9.17) is 0 Å². The van der Waals surface area contributed by atoms with Crippen molar-refractivity contribution in [2.75, 3.05) is 6.54 Å². The molecule has 124 valence electrons. The second-order valence-corrected chi connectivity index (χ2v) is 6.38. The van der Waals surface area contributed by atoms with Crippen LogP contribution in [-0.4, -0.2) is 36.4 Å². The van der Waals surface area contributed by atoms with Gasteiger partial charge < -0.3 is 0 Å². The first-order valence-corrected chi connectivity index (χ1v) is 7.95. The van der Waals surface area contributed by atoms with Crippen LogP contribution >= 0.6 is 0 Å². The fourth-order valence-electron chi connectivity index (χ4n) is 3.23. The Hall–Kier alpha value is -2.15. The number of likely N-dealkylation sites (tertiary alicyclic amines) is 1. The van der Waals surface area contributed by atoms with Crippen LogP contribution in [0.1, 0.15) is 24.1 Å². The van der Waals surface area contributed by atoms with E-state index in [1.165, 1.54) is 7.05 Å². The average Bonchev–Trinajstić information content (AvgIpc) is 3.12. The Labute approximate surface area is 134 Å². The molecule has 3 heterocycles. The summed E-state index contributed by atoms with van der Waals surface area (Å²) in [5, 5.41) is 4.36. The predicted octanol–water partition coefficient (Wildman–Crippen LogP) is 0.254. The lowest BCUT2D eigenvalue weighted by Gasteiger charge is -2.25. The molecule has 1 unspecified atom stereocenters. The van der Waals surface area contributed by atoms with Crippen LogP contribution in [0.25, 0.3) is 0 Å². The maximum atomic E-state index is 12.1. The van der Waals surface area contributed by atoms with E-state index in [1.54, 1.807) is 17.7 Å². The topological polar surface area (TPSA) is 65.1 Å². The summed E-state index contributed by atoms with van der Waals surface area (Å²) in [6, 6.07) is 1.95. The Bertz CT molecular complexity index is 817. The van der Waals surface area contributed by atoms with Gasteiger partial charge in [-0.05, 0) is 31.9 Å². The summed E-state index contributed by atoms with van der Waals surface area (Å²) in [5.41, 5.74) is 1.40. The Morgan fingerprint density at radius 2 is 2.04 bits per heavy atom. The first-order chi connectivity index (χ1) is 11.0. The van der Waals surface area contributed by atoms with Crippen molar-refractivity contribution in [2.24, 2.45) is 14.1 Å². The monoisotopic (exact) mass is 317 g/mol. The van der Waals surface area contributed by atoms with Gasteiger partial charge in [-0.2, -0.15) is 5.10 Å². The molecule has 0 radical (unpaired) electrons. The highest BCUT2D eigenvalue weighted by Crippen LogP contribution is 2.20. The van der Waals surface area contributed by atoms with E-state index in [0.29, 0.717) is 12.6 Å². The number of rotatable bonds is 4. The van der Waals surface area contributed by atoms with Crippen LogP contribution < -0.4 is 11.2 Å². The van der Waals surface area contributed by atoms with Gasteiger partial charge in [-0.1, -0.05) is 0 Å². The first kappa shape index (κ1) is 15.7. The summed E-state index contributed by atoms with van der Waals surface area (Å²) in [7, 11) is 3.23. The summed E-state index contributed by atoms with van der Waals surface area (Å²) >= 11 is 0. The van der Waals surface area contributed by atoms with Crippen LogP contribution in [0.3, 0.4) is 0 Å². The summed E-state index contributed by atoms with van der Waals surface area (Å²) < 4.78 is 4.67. The van der Waals surface area contributed by atoms with Crippen molar-refractivity contribution in [3.05, 3.63) is 50.6 Å².